The van der Waals surface area contributed by atoms with Gasteiger partial charge in [0.05, 0.1) is 10.7 Å². The fraction of sp³-hybridized carbons (Fsp3) is 0. The molecule has 56 valence electrons. The van der Waals surface area contributed by atoms with Crippen molar-refractivity contribution in [1.29, 1.82) is 0 Å². The van der Waals surface area contributed by atoms with E-state index in [1.54, 1.807) is 23.1 Å². The predicted molar refractivity (Wildman–Crippen MR) is 45.7 cm³/mol. The highest BCUT2D eigenvalue weighted by molar-refractivity contribution is 9.10. The summed E-state index contributed by atoms with van der Waals surface area (Å²) in [4.78, 5) is 3.91. The summed E-state index contributed by atoms with van der Waals surface area (Å²) in [6.07, 6.45) is 5.03. The van der Waals surface area contributed by atoms with Crippen molar-refractivity contribution < 1.29 is 0 Å². The number of hydrogen-bond donors (Lipinski definition) is 0. The van der Waals surface area contributed by atoms with Crippen molar-refractivity contribution in [2.45, 2.75) is 0 Å². The van der Waals surface area contributed by atoms with Crippen LogP contribution in [0.3, 0.4) is 0 Å². The molecule has 0 saturated carbocycles. The first-order valence-corrected chi connectivity index (χ1v) is 4.09. The molecule has 0 aliphatic rings. The molecule has 0 saturated heterocycles. The molecule has 0 aliphatic heterocycles. The van der Waals surface area contributed by atoms with Gasteiger partial charge in [0.15, 0.2) is 5.15 Å². The number of hydrogen-bond acceptors (Lipinski definition) is 2. The van der Waals surface area contributed by atoms with E-state index in [1.165, 1.54) is 0 Å². The molecular formula is C6H3BrClN3. The zero-order valence-electron chi connectivity index (χ0n) is 5.33. The fourth-order valence-corrected chi connectivity index (χ4v) is 1.69. The SMILES string of the molecule is Clc1nccn2ncc(Br)c12. The van der Waals surface area contributed by atoms with Gasteiger partial charge in [-0.2, -0.15) is 5.10 Å². The third-order valence-corrected chi connectivity index (χ3v) is 2.20. The molecule has 2 heterocycles. The van der Waals surface area contributed by atoms with Gasteiger partial charge >= 0.3 is 0 Å². The average molecular weight is 232 g/mol. The molecule has 0 atom stereocenters. The van der Waals surface area contributed by atoms with Crippen LogP contribution in [-0.2, 0) is 0 Å². The second-order valence-electron chi connectivity index (χ2n) is 2.00. The molecule has 0 N–H and O–H groups in total. The van der Waals surface area contributed by atoms with Gasteiger partial charge in [0.2, 0.25) is 0 Å². The first-order valence-electron chi connectivity index (χ1n) is 2.92. The molecule has 0 unspecified atom stereocenters. The van der Waals surface area contributed by atoms with Crippen LogP contribution in [0.25, 0.3) is 5.52 Å². The smallest absolute Gasteiger partial charge is 0.155 e. The van der Waals surface area contributed by atoms with Gasteiger partial charge in [-0.3, -0.25) is 0 Å². The summed E-state index contributed by atoms with van der Waals surface area (Å²) < 4.78 is 2.52. The normalized spacial score (nSPS) is 10.7. The van der Waals surface area contributed by atoms with Crippen molar-refractivity contribution in [2.75, 3.05) is 0 Å². The molecule has 0 spiro atoms. The zero-order valence-corrected chi connectivity index (χ0v) is 7.67. The Morgan fingerprint density at radius 1 is 1.55 bits per heavy atom. The molecule has 0 bridgehead atoms. The Balaban J connectivity index is 2.96. The van der Waals surface area contributed by atoms with E-state index >= 15 is 0 Å². The molecule has 0 aromatic carbocycles. The summed E-state index contributed by atoms with van der Waals surface area (Å²) in [6, 6.07) is 0. The number of aromatic nitrogens is 3. The maximum absolute atomic E-state index is 5.80. The number of nitrogens with zero attached hydrogens (tertiary/aromatic N) is 3. The standard InChI is InChI=1S/C6H3BrClN3/c7-4-3-10-11-2-1-9-6(8)5(4)11/h1-3H. The van der Waals surface area contributed by atoms with Crippen molar-refractivity contribution in [3.63, 3.8) is 0 Å². The Bertz CT molecular complexity index is 398. The average Bonchev–Trinajstić information content (AvgIpc) is 2.34. The van der Waals surface area contributed by atoms with Gasteiger partial charge in [0.25, 0.3) is 0 Å². The predicted octanol–water partition coefficient (Wildman–Crippen LogP) is 2.15. The van der Waals surface area contributed by atoms with Gasteiger partial charge in [-0.15, -0.1) is 0 Å². The zero-order chi connectivity index (χ0) is 7.84. The molecular weight excluding hydrogens is 229 g/mol. The summed E-state index contributed by atoms with van der Waals surface area (Å²) in [5, 5.41) is 4.48. The second kappa shape index (κ2) is 2.46. The quantitative estimate of drug-likeness (QED) is 0.697. The van der Waals surface area contributed by atoms with E-state index in [1.807, 2.05) is 0 Å². The van der Waals surface area contributed by atoms with Gasteiger partial charge in [-0.05, 0) is 15.9 Å². The monoisotopic (exact) mass is 231 g/mol. The maximum Gasteiger partial charge on any atom is 0.155 e. The largest absolute Gasteiger partial charge is 0.241 e. The van der Waals surface area contributed by atoms with E-state index in [2.05, 4.69) is 26.0 Å². The van der Waals surface area contributed by atoms with Crippen LogP contribution in [-0.4, -0.2) is 14.6 Å². The van der Waals surface area contributed by atoms with Crippen LogP contribution < -0.4 is 0 Å². The summed E-state index contributed by atoms with van der Waals surface area (Å²) in [7, 11) is 0. The molecule has 0 aliphatic carbocycles. The summed E-state index contributed by atoms with van der Waals surface area (Å²) in [5.74, 6) is 0. The molecule has 3 nitrogen and oxygen atoms in total. The van der Waals surface area contributed by atoms with Gasteiger partial charge in [0, 0.05) is 12.4 Å². The highest BCUT2D eigenvalue weighted by Crippen LogP contribution is 2.22. The van der Waals surface area contributed by atoms with Crippen molar-refractivity contribution in [2.24, 2.45) is 0 Å². The molecule has 0 fully saturated rings. The summed E-state index contributed by atoms with van der Waals surface area (Å²) >= 11 is 9.11. The van der Waals surface area contributed by atoms with Crippen LogP contribution >= 0.6 is 27.5 Å². The summed E-state index contributed by atoms with van der Waals surface area (Å²) in [5.41, 5.74) is 0.800. The van der Waals surface area contributed by atoms with E-state index in [9.17, 15) is 0 Å². The van der Waals surface area contributed by atoms with Crippen molar-refractivity contribution in [3.8, 4) is 0 Å². The van der Waals surface area contributed by atoms with Crippen molar-refractivity contribution in [3.05, 3.63) is 28.2 Å². The minimum Gasteiger partial charge on any atom is -0.241 e. The first kappa shape index (κ1) is 7.06. The van der Waals surface area contributed by atoms with Crippen LogP contribution in [0.5, 0.6) is 0 Å². The lowest BCUT2D eigenvalue weighted by Gasteiger charge is -1.93. The van der Waals surface area contributed by atoms with Crippen molar-refractivity contribution in [1.82, 2.24) is 14.6 Å². The molecule has 5 heteroatoms. The van der Waals surface area contributed by atoms with Crippen LogP contribution in [0.1, 0.15) is 0 Å². The fourth-order valence-electron chi connectivity index (χ4n) is 0.870. The molecule has 2 rings (SSSR count). The molecule has 11 heavy (non-hydrogen) atoms. The Morgan fingerprint density at radius 3 is 3.09 bits per heavy atom. The first-order chi connectivity index (χ1) is 5.29. The minimum atomic E-state index is 0.455. The van der Waals surface area contributed by atoms with E-state index in [0.717, 1.165) is 9.99 Å². The van der Waals surface area contributed by atoms with E-state index in [4.69, 9.17) is 11.6 Å². The molecule has 2 aromatic rings. The lowest BCUT2D eigenvalue weighted by molar-refractivity contribution is 0.946. The molecule has 0 radical (unpaired) electrons. The topological polar surface area (TPSA) is 30.2 Å². The van der Waals surface area contributed by atoms with E-state index in [-0.39, 0.29) is 0 Å². The van der Waals surface area contributed by atoms with Crippen LogP contribution in [0.15, 0.2) is 23.1 Å². The van der Waals surface area contributed by atoms with E-state index in [0.29, 0.717) is 5.15 Å². The Labute approximate surface area is 76.1 Å². The van der Waals surface area contributed by atoms with Crippen LogP contribution in [0, 0.1) is 0 Å². The van der Waals surface area contributed by atoms with Gasteiger partial charge in [-0.25, -0.2) is 9.50 Å². The van der Waals surface area contributed by atoms with Gasteiger partial charge < -0.3 is 0 Å². The highest BCUT2D eigenvalue weighted by atomic mass is 79.9. The van der Waals surface area contributed by atoms with E-state index < -0.39 is 0 Å². The Morgan fingerprint density at radius 2 is 2.36 bits per heavy atom. The Hall–Kier alpha value is -0.610. The number of halogens is 2. The number of fused-ring (bicyclic) bond motifs is 1. The molecule has 0 amide bonds. The summed E-state index contributed by atoms with van der Waals surface area (Å²) in [6.45, 7) is 0. The second-order valence-corrected chi connectivity index (χ2v) is 3.22. The van der Waals surface area contributed by atoms with Crippen LogP contribution in [0.4, 0.5) is 0 Å². The third-order valence-electron chi connectivity index (χ3n) is 1.34. The highest BCUT2D eigenvalue weighted by Gasteiger charge is 2.04. The van der Waals surface area contributed by atoms with Gasteiger partial charge in [-0.1, -0.05) is 11.6 Å². The minimum absolute atomic E-state index is 0.455. The third kappa shape index (κ3) is 1.02. The van der Waals surface area contributed by atoms with Gasteiger partial charge in [0.1, 0.15) is 5.52 Å². The maximum atomic E-state index is 5.80. The lowest BCUT2D eigenvalue weighted by atomic mass is 10.5. The van der Waals surface area contributed by atoms with Crippen molar-refractivity contribution >= 4 is 33.0 Å². The molecule has 2 aromatic heterocycles. The lowest BCUT2D eigenvalue weighted by Crippen LogP contribution is -1.87. The Kier molecular flexibility index (Phi) is 1.58. The van der Waals surface area contributed by atoms with Crippen LogP contribution in [0.2, 0.25) is 5.15 Å². The number of rotatable bonds is 0.